The third-order valence-corrected chi connectivity index (χ3v) is 5.71. The monoisotopic (exact) mass is 208 g/mol. The molecule has 0 radical (unpaired) electrons. The fourth-order valence-corrected chi connectivity index (χ4v) is 4.62. The van der Waals surface area contributed by atoms with Crippen molar-refractivity contribution in [3.8, 4) is 0 Å². The zero-order valence-corrected chi connectivity index (χ0v) is 10.9. The van der Waals surface area contributed by atoms with E-state index in [2.05, 4.69) is 20.8 Å². The molecule has 2 aliphatic rings. The van der Waals surface area contributed by atoms with E-state index in [1.807, 2.05) is 0 Å². The van der Waals surface area contributed by atoms with Crippen LogP contribution in [0.2, 0.25) is 0 Å². The largest absolute Gasteiger partial charge is 0.0654 e. The van der Waals surface area contributed by atoms with Crippen molar-refractivity contribution in [2.24, 2.45) is 16.7 Å². The highest BCUT2D eigenvalue weighted by atomic mass is 14.7. The topological polar surface area (TPSA) is 0 Å². The van der Waals surface area contributed by atoms with Crippen LogP contribution in [0.1, 0.15) is 78.6 Å². The predicted octanol–water partition coefficient (Wildman–Crippen LogP) is 5.17. The second-order valence-corrected chi connectivity index (χ2v) is 6.22. The molecule has 1 spiro atoms. The Morgan fingerprint density at radius 1 is 1.13 bits per heavy atom. The maximum atomic E-state index is 2.53. The first-order valence-electron chi connectivity index (χ1n) is 7.21. The van der Waals surface area contributed by atoms with Gasteiger partial charge in [-0.1, -0.05) is 52.9 Å². The minimum Gasteiger partial charge on any atom is -0.0654 e. The maximum Gasteiger partial charge on any atom is -0.0212 e. The van der Waals surface area contributed by atoms with Crippen LogP contribution in [0.25, 0.3) is 0 Å². The van der Waals surface area contributed by atoms with Crippen LogP contribution in [0.3, 0.4) is 0 Å². The van der Waals surface area contributed by atoms with E-state index in [0.717, 1.165) is 16.7 Å². The third-order valence-electron chi connectivity index (χ3n) is 5.71. The van der Waals surface area contributed by atoms with E-state index < -0.39 is 0 Å². The molecule has 0 aliphatic heterocycles. The van der Waals surface area contributed by atoms with Crippen LogP contribution in [0.15, 0.2) is 0 Å². The first-order chi connectivity index (χ1) is 7.21. The average molecular weight is 208 g/mol. The van der Waals surface area contributed by atoms with Gasteiger partial charge in [-0.15, -0.1) is 0 Å². The Morgan fingerprint density at radius 3 is 2.33 bits per heavy atom. The van der Waals surface area contributed by atoms with Gasteiger partial charge in [-0.2, -0.15) is 0 Å². The van der Waals surface area contributed by atoms with Crippen molar-refractivity contribution in [1.82, 2.24) is 0 Å². The summed E-state index contributed by atoms with van der Waals surface area (Å²) in [5.74, 6) is 0.987. The van der Waals surface area contributed by atoms with E-state index in [4.69, 9.17) is 0 Å². The van der Waals surface area contributed by atoms with Crippen LogP contribution in [-0.4, -0.2) is 0 Å². The standard InChI is InChI=1S/C15H28/c1-4-6-9-13(3)15(5-2)12-14(15)10-7-8-11-14/h13H,4-12H2,1-3H3. The Hall–Kier alpha value is 0. The maximum absolute atomic E-state index is 2.53. The van der Waals surface area contributed by atoms with Crippen LogP contribution >= 0.6 is 0 Å². The summed E-state index contributed by atoms with van der Waals surface area (Å²) in [7, 11) is 0. The van der Waals surface area contributed by atoms with E-state index in [-0.39, 0.29) is 0 Å². The molecule has 0 aromatic carbocycles. The molecule has 88 valence electrons. The van der Waals surface area contributed by atoms with Gasteiger partial charge in [0.2, 0.25) is 0 Å². The van der Waals surface area contributed by atoms with Crippen LogP contribution in [-0.2, 0) is 0 Å². The van der Waals surface area contributed by atoms with Crippen LogP contribution in [0, 0.1) is 16.7 Å². The molecular formula is C15H28. The molecule has 2 fully saturated rings. The van der Waals surface area contributed by atoms with E-state index in [1.165, 1.54) is 38.5 Å². The number of hydrogen-bond donors (Lipinski definition) is 0. The van der Waals surface area contributed by atoms with Gasteiger partial charge in [0, 0.05) is 0 Å². The highest BCUT2D eigenvalue weighted by Crippen LogP contribution is 2.76. The van der Waals surface area contributed by atoms with Crippen molar-refractivity contribution in [2.45, 2.75) is 78.6 Å². The summed E-state index contributed by atoms with van der Waals surface area (Å²) in [6, 6.07) is 0. The molecule has 0 amide bonds. The van der Waals surface area contributed by atoms with Crippen molar-refractivity contribution in [3.05, 3.63) is 0 Å². The molecule has 2 aliphatic carbocycles. The second kappa shape index (κ2) is 4.11. The molecule has 2 unspecified atom stereocenters. The van der Waals surface area contributed by atoms with Crippen molar-refractivity contribution in [3.63, 3.8) is 0 Å². The lowest BCUT2D eigenvalue weighted by atomic mass is 9.77. The molecule has 0 aromatic rings. The normalized spacial score (nSPS) is 34.6. The zero-order valence-electron chi connectivity index (χ0n) is 10.9. The minimum atomic E-state index is 0.776. The molecule has 2 rings (SSSR count). The van der Waals surface area contributed by atoms with Crippen LogP contribution < -0.4 is 0 Å². The van der Waals surface area contributed by atoms with E-state index >= 15 is 0 Å². The summed E-state index contributed by atoms with van der Waals surface area (Å²) >= 11 is 0. The van der Waals surface area contributed by atoms with Gasteiger partial charge in [-0.05, 0) is 42.4 Å². The zero-order chi connectivity index (χ0) is 10.9. The Kier molecular flexibility index (Phi) is 3.14. The smallest absolute Gasteiger partial charge is 0.0212 e. The van der Waals surface area contributed by atoms with Gasteiger partial charge in [-0.25, -0.2) is 0 Å². The molecule has 2 saturated carbocycles. The van der Waals surface area contributed by atoms with Gasteiger partial charge < -0.3 is 0 Å². The quantitative estimate of drug-likeness (QED) is 0.584. The number of unbranched alkanes of at least 4 members (excludes halogenated alkanes) is 1. The highest BCUT2D eigenvalue weighted by molar-refractivity contribution is 5.16. The Labute approximate surface area is 95.8 Å². The first-order valence-corrected chi connectivity index (χ1v) is 7.21. The molecule has 15 heavy (non-hydrogen) atoms. The van der Waals surface area contributed by atoms with Crippen LogP contribution in [0.5, 0.6) is 0 Å². The first kappa shape index (κ1) is 11.5. The van der Waals surface area contributed by atoms with Gasteiger partial charge in [0.15, 0.2) is 0 Å². The third kappa shape index (κ3) is 1.65. The Balaban J connectivity index is 1.98. The Bertz CT molecular complexity index is 212. The van der Waals surface area contributed by atoms with E-state index in [1.54, 1.807) is 19.3 Å². The lowest BCUT2D eigenvalue weighted by Crippen LogP contribution is -2.19. The molecule has 0 bridgehead atoms. The summed E-state index contributed by atoms with van der Waals surface area (Å²) in [4.78, 5) is 0. The van der Waals surface area contributed by atoms with E-state index in [9.17, 15) is 0 Å². The lowest BCUT2D eigenvalue weighted by Gasteiger charge is -2.28. The van der Waals surface area contributed by atoms with Crippen molar-refractivity contribution >= 4 is 0 Å². The molecule has 2 atom stereocenters. The average Bonchev–Trinajstić information content (AvgIpc) is 2.62. The lowest BCUT2D eigenvalue weighted by molar-refractivity contribution is 0.215. The van der Waals surface area contributed by atoms with Crippen molar-refractivity contribution in [1.29, 1.82) is 0 Å². The summed E-state index contributed by atoms with van der Waals surface area (Å²) in [6.45, 7) is 7.30. The van der Waals surface area contributed by atoms with Gasteiger partial charge in [0.25, 0.3) is 0 Å². The van der Waals surface area contributed by atoms with Gasteiger partial charge in [0.05, 0.1) is 0 Å². The Morgan fingerprint density at radius 2 is 1.80 bits per heavy atom. The second-order valence-electron chi connectivity index (χ2n) is 6.22. The van der Waals surface area contributed by atoms with Crippen molar-refractivity contribution in [2.75, 3.05) is 0 Å². The predicted molar refractivity (Wildman–Crippen MR) is 66.9 cm³/mol. The number of rotatable bonds is 5. The van der Waals surface area contributed by atoms with Crippen molar-refractivity contribution < 1.29 is 0 Å². The van der Waals surface area contributed by atoms with E-state index in [0.29, 0.717) is 0 Å². The summed E-state index contributed by atoms with van der Waals surface area (Å²) in [5, 5.41) is 0. The fraction of sp³-hybridized carbons (Fsp3) is 1.00. The molecule has 0 heteroatoms. The molecule has 0 aromatic heterocycles. The molecule has 0 saturated heterocycles. The summed E-state index contributed by atoms with van der Waals surface area (Å²) in [5.41, 5.74) is 1.60. The minimum absolute atomic E-state index is 0.776. The molecular weight excluding hydrogens is 180 g/mol. The molecule has 0 nitrogen and oxygen atoms in total. The van der Waals surface area contributed by atoms with Gasteiger partial charge >= 0.3 is 0 Å². The SMILES string of the molecule is CCCCC(C)C1(CC)CC12CCCC2. The number of hydrogen-bond acceptors (Lipinski definition) is 0. The highest BCUT2D eigenvalue weighted by Gasteiger charge is 2.67. The fourth-order valence-electron chi connectivity index (χ4n) is 4.62. The van der Waals surface area contributed by atoms with Gasteiger partial charge in [-0.3, -0.25) is 0 Å². The summed E-state index contributed by atoms with van der Waals surface area (Å²) < 4.78 is 0. The van der Waals surface area contributed by atoms with Gasteiger partial charge in [0.1, 0.15) is 0 Å². The summed E-state index contributed by atoms with van der Waals surface area (Å²) in [6.07, 6.45) is 13.4. The van der Waals surface area contributed by atoms with Crippen LogP contribution in [0.4, 0.5) is 0 Å². The molecule has 0 heterocycles. The molecule has 0 N–H and O–H groups in total.